The summed E-state index contributed by atoms with van der Waals surface area (Å²) in [5.41, 5.74) is 22.2. The number of fused-ring (bicyclic) bond motifs is 10. The van der Waals surface area contributed by atoms with Crippen LogP contribution >= 0.6 is 0 Å². The molecular formula is C66H72BN3O. The molecule has 2 atom stereocenters. The summed E-state index contributed by atoms with van der Waals surface area (Å²) >= 11 is 0. The van der Waals surface area contributed by atoms with Crippen molar-refractivity contribution in [2.75, 3.05) is 14.7 Å². The Bertz CT molecular complexity index is 3480. The number of benzene rings is 7. The monoisotopic (exact) mass is 934 g/mol. The molecule has 4 heterocycles. The molecule has 5 heteroatoms. The fraction of sp³-hybridized carbons (Fsp3) is 0.364. The molecule has 0 bridgehead atoms. The van der Waals surface area contributed by atoms with Crippen LogP contribution in [0.25, 0.3) is 21.9 Å². The predicted molar refractivity (Wildman–Crippen MR) is 305 cm³/mol. The molecule has 1 aliphatic carbocycles. The Balaban J connectivity index is 1.23. The third-order valence-corrected chi connectivity index (χ3v) is 17.6. The minimum absolute atomic E-state index is 0.0227. The van der Waals surface area contributed by atoms with Crippen molar-refractivity contribution >= 4 is 90.5 Å². The zero-order valence-electron chi connectivity index (χ0n) is 44.9. The van der Waals surface area contributed by atoms with Gasteiger partial charge in [-0.2, -0.15) is 0 Å². The lowest BCUT2D eigenvalue weighted by molar-refractivity contribution is 0.195. The van der Waals surface area contributed by atoms with Gasteiger partial charge in [-0.15, -0.1) is 0 Å². The van der Waals surface area contributed by atoms with Gasteiger partial charge in [0.05, 0.1) is 11.2 Å². The third-order valence-electron chi connectivity index (χ3n) is 17.6. The van der Waals surface area contributed by atoms with E-state index in [0.717, 1.165) is 34.0 Å². The van der Waals surface area contributed by atoms with Gasteiger partial charge in [0.15, 0.2) is 5.58 Å². The Morgan fingerprint density at radius 3 is 1.59 bits per heavy atom. The molecule has 0 radical (unpaired) electrons. The quantitative estimate of drug-likeness (QED) is 0.165. The molecule has 1 fully saturated rings. The Morgan fingerprint density at radius 1 is 0.451 bits per heavy atom. The number of anilines is 8. The summed E-state index contributed by atoms with van der Waals surface area (Å²) < 4.78 is 7.03. The Hall–Kier alpha value is -6.20. The largest absolute Gasteiger partial charge is 0.454 e. The third kappa shape index (κ3) is 6.77. The minimum atomic E-state index is -0.157. The van der Waals surface area contributed by atoms with Crippen LogP contribution in [-0.4, -0.2) is 12.3 Å². The zero-order chi connectivity index (χ0) is 49.9. The lowest BCUT2D eigenvalue weighted by Gasteiger charge is -2.51. The average molecular weight is 934 g/mol. The van der Waals surface area contributed by atoms with Gasteiger partial charge in [0.1, 0.15) is 5.58 Å². The van der Waals surface area contributed by atoms with Crippen molar-refractivity contribution in [2.24, 2.45) is 0 Å². The predicted octanol–water partition coefficient (Wildman–Crippen LogP) is 16.6. The van der Waals surface area contributed by atoms with Crippen molar-refractivity contribution in [1.29, 1.82) is 0 Å². The average Bonchev–Trinajstić information content (AvgIpc) is 3.80. The summed E-state index contributed by atoms with van der Waals surface area (Å²) in [6.45, 7) is 33.3. The summed E-state index contributed by atoms with van der Waals surface area (Å²) in [4.78, 5) is 8.01. The van der Waals surface area contributed by atoms with Crippen LogP contribution in [0.4, 0.5) is 45.5 Å². The van der Waals surface area contributed by atoms with Crippen molar-refractivity contribution in [1.82, 2.24) is 0 Å². The molecule has 0 saturated heterocycles. The van der Waals surface area contributed by atoms with E-state index in [0.29, 0.717) is 0 Å². The molecule has 0 N–H and O–H groups in total. The first-order valence-corrected chi connectivity index (χ1v) is 26.5. The second-order valence-electron chi connectivity index (χ2n) is 26.2. The summed E-state index contributed by atoms with van der Waals surface area (Å²) in [7, 11) is 0. The van der Waals surface area contributed by atoms with Crippen LogP contribution in [0.2, 0.25) is 0 Å². The smallest absolute Gasteiger partial charge is 0.252 e. The second-order valence-corrected chi connectivity index (χ2v) is 26.2. The molecule has 3 aliphatic heterocycles. The molecule has 12 rings (SSSR count). The van der Waals surface area contributed by atoms with Crippen molar-refractivity contribution in [3.63, 3.8) is 0 Å². The Morgan fingerprint density at radius 2 is 0.972 bits per heavy atom. The molecule has 0 amide bonds. The van der Waals surface area contributed by atoms with E-state index >= 15 is 0 Å². The molecule has 1 aromatic heterocycles. The minimum Gasteiger partial charge on any atom is -0.454 e. The number of nitrogens with zero attached hydrogens (tertiary/aromatic N) is 3. The Labute approximate surface area is 424 Å². The standard InChI is InChI=1S/C66H72BN3O/c1-61(2,3)41-24-29-45(30-25-41)68-53-32-27-43(63(7,8)9)37-50(53)67-51-38-44(64(10,11)12)28-33-54(51)69(55-22-19-21-48-47-20-15-16-23-58(47)71-60(48)55)57-40-46(39-56(68)59(57)67)70-52-31-26-42(62(4,5)6)36-49(52)65(13)34-17-18-35-66(65,70)14/h15-16,19-33,36-40H,17-18,34-35H2,1-14H3. The van der Waals surface area contributed by atoms with Crippen LogP contribution in [0.3, 0.4) is 0 Å². The van der Waals surface area contributed by atoms with Gasteiger partial charge in [-0.1, -0.05) is 182 Å². The number of hydrogen-bond donors (Lipinski definition) is 0. The van der Waals surface area contributed by atoms with E-state index in [9.17, 15) is 0 Å². The van der Waals surface area contributed by atoms with Gasteiger partial charge in [-0.05, 0) is 140 Å². The van der Waals surface area contributed by atoms with Crippen molar-refractivity contribution in [2.45, 2.75) is 155 Å². The van der Waals surface area contributed by atoms with Crippen molar-refractivity contribution in [3.05, 3.63) is 161 Å². The molecule has 1 saturated carbocycles. The molecule has 0 spiro atoms. The molecule has 4 aliphatic rings. The van der Waals surface area contributed by atoms with E-state index in [1.54, 1.807) is 0 Å². The van der Waals surface area contributed by atoms with Crippen LogP contribution < -0.4 is 31.1 Å². The highest BCUT2D eigenvalue weighted by Crippen LogP contribution is 2.62. The number of furan rings is 1. The molecule has 360 valence electrons. The van der Waals surface area contributed by atoms with Gasteiger partial charge in [0.2, 0.25) is 0 Å². The maximum absolute atomic E-state index is 7.03. The molecule has 4 nitrogen and oxygen atoms in total. The second kappa shape index (κ2) is 15.2. The fourth-order valence-electron chi connectivity index (χ4n) is 13.2. The van der Waals surface area contributed by atoms with Gasteiger partial charge in [-0.25, -0.2) is 0 Å². The van der Waals surface area contributed by atoms with Crippen LogP contribution in [0.5, 0.6) is 0 Å². The van der Waals surface area contributed by atoms with Crippen molar-refractivity contribution in [3.8, 4) is 0 Å². The van der Waals surface area contributed by atoms with Gasteiger partial charge in [0, 0.05) is 56.0 Å². The fourth-order valence-corrected chi connectivity index (χ4v) is 13.2. The van der Waals surface area contributed by atoms with Crippen LogP contribution in [0.15, 0.2) is 138 Å². The highest BCUT2D eigenvalue weighted by atomic mass is 16.3. The molecule has 71 heavy (non-hydrogen) atoms. The van der Waals surface area contributed by atoms with E-state index in [2.05, 4.69) is 245 Å². The van der Waals surface area contributed by atoms with Gasteiger partial charge >= 0.3 is 0 Å². The van der Waals surface area contributed by atoms with Crippen LogP contribution in [0.1, 0.15) is 150 Å². The SMILES string of the molecule is CC(C)(C)c1ccc(N2c3ccc(C(C)(C)C)cc3B3c4cc(C(C)(C)C)ccc4N(c4cccc5c4oc4ccccc45)c4cc(N5c6ccc(C(C)(C)C)cc6C6(C)CCCCC56C)cc2c43)cc1. The first-order valence-electron chi connectivity index (χ1n) is 26.5. The Kier molecular flexibility index (Phi) is 9.81. The lowest BCUT2D eigenvalue weighted by atomic mass is 9.33. The highest BCUT2D eigenvalue weighted by molar-refractivity contribution is 7.00. The number of para-hydroxylation sites is 2. The van der Waals surface area contributed by atoms with Gasteiger partial charge < -0.3 is 19.1 Å². The number of hydrogen-bond acceptors (Lipinski definition) is 4. The highest BCUT2D eigenvalue weighted by Gasteiger charge is 2.58. The van der Waals surface area contributed by atoms with Crippen LogP contribution in [0, 0.1) is 0 Å². The first kappa shape index (κ1) is 45.9. The maximum atomic E-state index is 7.03. The summed E-state index contributed by atoms with van der Waals surface area (Å²) in [5.74, 6) is 0. The van der Waals surface area contributed by atoms with E-state index in [1.165, 1.54) is 103 Å². The zero-order valence-corrected chi connectivity index (χ0v) is 44.9. The topological polar surface area (TPSA) is 22.9 Å². The van der Waals surface area contributed by atoms with E-state index in [1.807, 2.05) is 0 Å². The van der Waals surface area contributed by atoms with E-state index in [4.69, 9.17) is 4.42 Å². The maximum Gasteiger partial charge on any atom is 0.252 e. The molecule has 2 unspecified atom stereocenters. The summed E-state index contributed by atoms with van der Waals surface area (Å²) in [6.07, 6.45) is 4.74. The normalized spacial score (nSPS) is 19.7. The first-order chi connectivity index (χ1) is 33.5. The van der Waals surface area contributed by atoms with Gasteiger partial charge in [-0.3, -0.25) is 0 Å². The number of rotatable bonds is 3. The molecule has 8 aromatic rings. The lowest BCUT2D eigenvalue weighted by Crippen LogP contribution is -2.62. The molecular weight excluding hydrogens is 862 g/mol. The summed E-state index contributed by atoms with van der Waals surface area (Å²) in [5, 5.41) is 2.27. The molecule has 7 aromatic carbocycles. The van der Waals surface area contributed by atoms with E-state index < -0.39 is 0 Å². The van der Waals surface area contributed by atoms with Gasteiger partial charge in [0.25, 0.3) is 6.71 Å². The van der Waals surface area contributed by atoms with E-state index in [-0.39, 0.29) is 39.3 Å². The summed E-state index contributed by atoms with van der Waals surface area (Å²) in [6, 6.07) is 52.2. The van der Waals surface area contributed by atoms with Crippen LogP contribution in [-0.2, 0) is 27.1 Å². The van der Waals surface area contributed by atoms with Crippen molar-refractivity contribution < 1.29 is 4.42 Å².